The zero-order valence-electron chi connectivity index (χ0n) is 11.0. The number of hydrogen-bond acceptors (Lipinski definition) is 6. The van der Waals surface area contributed by atoms with E-state index in [1.54, 1.807) is 6.33 Å². The Kier molecular flexibility index (Phi) is 4.33. The molecule has 2 N–H and O–H groups in total. The van der Waals surface area contributed by atoms with Crippen LogP contribution in [-0.4, -0.2) is 55.9 Å². The van der Waals surface area contributed by atoms with Gasteiger partial charge in [0.05, 0.1) is 12.7 Å². The number of nitrogens with zero attached hydrogens (tertiary/aromatic N) is 4. The predicted molar refractivity (Wildman–Crippen MR) is 72.0 cm³/mol. The minimum Gasteiger partial charge on any atom is -0.373 e. The van der Waals surface area contributed by atoms with Gasteiger partial charge in [0, 0.05) is 39.3 Å². The Morgan fingerprint density at radius 2 is 2.39 bits per heavy atom. The molecule has 1 aromatic heterocycles. The number of ether oxygens (including phenoxy) is 1. The van der Waals surface area contributed by atoms with Crippen molar-refractivity contribution in [2.24, 2.45) is 5.73 Å². The SMILES string of the molecule is CCN(C)c1cc(N2CCOC(CN)C2)ncn1. The van der Waals surface area contributed by atoms with E-state index in [1.807, 2.05) is 13.1 Å². The fourth-order valence-corrected chi connectivity index (χ4v) is 1.95. The summed E-state index contributed by atoms with van der Waals surface area (Å²) in [6.07, 6.45) is 1.71. The van der Waals surface area contributed by atoms with Crippen molar-refractivity contribution in [2.45, 2.75) is 13.0 Å². The normalized spacial score (nSPS) is 19.9. The van der Waals surface area contributed by atoms with Crippen molar-refractivity contribution in [2.75, 3.05) is 49.6 Å². The van der Waals surface area contributed by atoms with Crippen LogP contribution in [0.2, 0.25) is 0 Å². The maximum atomic E-state index is 5.65. The molecule has 1 aromatic rings. The molecule has 100 valence electrons. The minimum absolute atomic E-state index is 0.0982. The number of morpholine rings is 1. The minimum atomic E-state index is 0.0982. The van der Waals surface area contributed by atoms with Crippen LogP contribution in [0, 0.1) is 0 Å². The van der Waals surface area contributed by atoms with Gasteiger partial charge in [0.15, 0.2) is 0 Å². The lowest BCUT2D eigenvalue weighted by Crippen LogP contribution is -2.46. The van der Waals surface area contributed by atoms with E-state index in [4.69, 9.17) is 10.5 Å². The van der Waals surface area contributed by atoms with E-state index in [1.165, 1.54) is 0 Å². The average molecular weight is 251 g/mol. The number of hydrogen-bond donors (Lipinski definition) is 1. The molecule has 1 saturated heterocycles. The first-order chi connectivity index (χ1) is 8.74. The van der Waals surface area contributed by atoms with Crippen LogP contribution in [0.15, 0.2) is 12.4 Å². The number of rotatable bonds is 4. The van der Waals surface area contributed by atoms with Gasteiger partial charge in [-0.25, -0.2) is 9.97 Å². The number of nitrogens with two attached hydrogens (primary N) is 1. The molecule has 0 radical (unpaired) electrons. The van der Waals surface area contributed by atoms with Crippen LogP contribution >= 0.6 is 0 Å². The third-order valence-corrected chi connectivity index (χ3v) is 3.23. The summed E-state index contributed by atoms with van der Waals surface area (Å²) in [5, 5.41) is 0. The standard InChI is InChI=1S/C12H21N5O/c1-3-16(2)11-6-12(15-9-14-11)17-4-5-18-10(7-13)8-17/h6,9-10H,3-5,7-8,13H2,1-2H3. The van der Waals surface area contributed by atoms with Gasteiger partial charge in [-0.1, -0.05) is 0 Å². The van der Waals surface area contributed by atoms with Crippen LogP contribution in [0.3, 0.4) is 0 Å². The predicted octanol–water partition coefficient (Wildman–Crippen LogP) is 0.0966. The van der Waals surface area contributed by atoms with Crippen molar-refractivity contribution in [1.29, 1.82) is 0 Å². The number of aromatic nitrogens is 2. The Morgan fingerprint density at radius 3 is 3.11 bits per heavy atom. The first kappa shape index (κ1) is 13.0. The first-order valence-corrected chi connectivity index (χ1v) is 6.34. The molecule has 18 heavy (non-hydrogen) atoms. The summed E-state index contributed by atoms with van der Waals surface area (Å²) in [6.45, 7) is 5.91. The van der Waals surface area contributed by atoms with Crippen LogP contribution < -0.4 is 15.5 Å². The molecule has 0 saturated carbocycles. The Balaban J connectivity index is 2.12. The van der Waals surface area contributed by atoms with Crippen molar-refractivity contribution in [1.82, 2.24) is 9.97 Å². The van der Waals surface area contributed by atoms with E-state index < -0.39 is 0 Å². The molecule has 0 aliphatic carbocycles. The molecule has 6 heteroatoms. The van der Waals surface area contributed by atoms with Gasteiger partial charge in [-0.15, -0.1) is 0 Å². The van der Waals surface area contributed by atoms with Crippen LogP contribution in [0.1, 0.15) is 6.92 Å². The van der Waals surface area contributed by atoms with E-state index in [0.29, 0.717) is 13.2 Å². The fourth-order valence-electron chi connectivity index (χ4n) is 1.95. The molecule has 1 unspecified atom stereocenters. The third kappa shape index (κ3) is 2.88. The molecule has 0 bridgehead atoms. The average Bonchev–Trinajstić information content (AvgIpc) is 2.46. The highest BCUT2D eigenvalue weighted by atomic mass is 16.5. The smallest absolute Gasteiger partial charge is 0.134 e. The lowest BCUT2D eigenvalue weighted by molar-refractivity contribution is 0.0463. The molecule has 6 nitrogen and oxygen atoms in total. The van der Waals surface area contributed by atoms with Crippen LogP contribution in [0.5, 0.6) is 0 Å². The van der Waals surface area contributed by atoms with Gasteiger partial charge in [0.25, 0.3) is 0 Å². The van der Waals surface area contributed by atoms with Gasteiger partial charge in [0.2, 0.25) is 0 Å². The second kappa shape index (κ2) is 5.97. The van der Waals surface area contributed by atoms with Crippen molar-refractivity contribution in [3.63, 3.8) is 0 Å². The van der Waals surface area contributed by atoms with E-state index in [0.717, 1.165) is 31.3 Å². The quantitative estimate of drug-likeness (QED) is 0.818. The van der Waals surface area contributed by atoms with Crippen molar-refractivity contribution < 1.29 is 4.74 Å². The van der Waals surface area contributed by atoms with Gasteiger partial charge >= 0.3 is 0 Å². The van der Waals surface area contributed by atoms with Gasteiger partial charge in [-0.05, 0) is 6.92 Å². The Bertz CT molecular complexity index is 386. The molecule has 1 aliphatic rings. The molecular formula is C12H21N5O. The number of anilines is 2. The molecule has 0 spiro atoms. The van der Waals surface area contributed by atoms with Crippen LogP contribution in [0.4, 0.5) is 11.6 Å². The van der Waals surface area contributed by atoms with E-state index in [9.17, 15) is 0 Å². The maximum Gasteiger partial charge on any atom is 0.134 e. The van der Waals surface area contributed by atoms with Gasteiger partial charge in [0.1, 0.15) is 18.0 Å². The first-order valence-electron chi connectivity index (χ1n) is 6.34. The van der Waals surface area contributed by atoms with E-state index in [-0.39, 0.29) is 6.10 Å². The van der Waals surface area contributed by atoms with E-state index >= 15 is 0 Å². The van der Waals surface area contributed by atoms with Gasteiger partial charge < -0.3 is 20.3 Å². The summed E-state index contributed by atoms with van der Waals surface area (Å²) < 4.78 is 5.56. The van der Waals surface area contributed by atoms with Gasteiger partial charge in [-0.3, -0.25) is 0 Å². The highest BCUT2D eigenvalue weighted by molar-refractivity contribution is 5.49. The summed E-state index contributed by atoms with van der Waals surface area (Å²) in [7, 11) is 2.02. The Hall–Kier alpha value is -1.40. The third-order valence-electron chi connectivity index (χ3n) is 3.23. The highest BCUT2D eigenvalue weighted by Crippen LogP contribution is 2.18. The summed E-state index contributed by atoms with van der Waals surface area (Å²) in [4.78, 5) is 12.9. The largest absolute Gasteiger partial charge is 0.373 e. The maximum absolute atomic E-state index is 5.65. The van der Waals surface area contributed by atoms with Gasteiger partial charge in [-0.2, -0.15) is 0 Å². The second-order valence-corrected chi connectivity index (χ2v) is 4.42. The Labute approximate surface area is 108 Å². The summed E-state index contributed by atoms with van der Waals surface area (Å²) >= 11 is 0. The summed E-state index contributed by atoms with van der Waals surface area (Å²) in [5.74, 6) is 1.89. The van der Waals surface area contributed by atoms with Crippen molar-refractivity contribution in [3.05, 3.63) is 12.4 Å². The molecular weight excluding hydrogens is 230 g/mol. The Morgan fingerprint density at radius 1 is 1.56 bits per heavy atom. The second-order valence-electron chi connectivity index (χ2n) is 4.42. The van der Waals surface area contributed by atoms with Crippen LogP contribution in [-0.2, 0) is 4.74 Å². The highest BCUT2D eigenvalue weighted by Gasteiger charge is 2.20. The lowest BCUT2D eigenvalue weighted by atomic mass is 10.2. The molecule has 1 fully saturated rings. The molecule has 1 aliphatic heterocycles. The van der Waals surface area contributed by atoms with Crippen molar-refractivity contribution >= 4 is 11.6 Å². The molecule has 2 heterocycles. The molecule has 1 atom stereocenters. The summed E-state index contributed by atoms with van der Waals surface area (Å²) in [5.41, 5.74) is 5.65. The van der Waals surface area contributed by atoms with Crippen molar-refractivity contribution in [3.8, 4) is 0 Å². The van der Waals surface area contributed by atoms with E-state index in [2.05, 4.69) is 26.7 Å². The molecule has 0 aromatic carbocycles. The monoisotopic (exact) mass is 251 g/mol. The zero-order chi connectivity index (χ0) is 13.0. The fraction of sp³-hybridized carbons (Fsp3) is 0.667. The topological polar surface area (TPSA) is 67.5 Å². The molecule has 2 rings (SSSR count). The molecule has 0 amide bonds. The van der Waals surface area contributed by atoms with Crippen LogP contribution in [0.25, 0.3) is 0 Å². The lowest BCUT2D eigenvalue weighted by Gasteiger charge is -2.33. The summed E-state index contributed by atoms with van der Waals surface area (Å²) in [6, 6.07) is 2.02. The zero-order valence-corrected chi connectivity index (χ0v) is 11.0.